The van der Waals surface area contributed by atoms with E-state index in [-0.39, 0.29) is 5.69 Å². The third-order valence-corrected chi connectivity index (χ3v) is 3.47. The number of nitrogens with two attached hydrogens (primary N) is 1. The van der Waals surface area contributed by atoms with Gasteiger partial charge in [0.1, 0.15) is 23.9 Å². The number of benzene rings is 1. The molecule has 0 unspecified atom stereocenters. The van der Waals surface area contributed by atoms with Gasteiger partial charge in [-0.3, -0.25) is 9.78 Å². The molecule has 0 bridgehead atoms. The number of nitrogens with one attached hydrogen (secondary N) is 1. The van der Waals surface area contributed by atoms with Gasteiger partial charge >= 0.3 is 5.91 Å². The third kappa shape index (κ3) is 3.64. The summed E-state index contributed by atoms with van der Waals surface area (Å²) in [6.45, 7) is 0.862. The third-order valence-electron chi connectivity index (χ3n) is 3.47. The van der Waals surface area contributed by atoms with E-state index in [1.165, 1.54) is 6.20 Å². The van der Waals surface area contributed by atoms with Crippen molar-refractivity contribution in [1.29, 1.82) is 0 Å². The molecule has 2 heterocycles. The molecule has 0 aliphatic heterocycles. The number of azo groups is 1. The number of rotatable bonds is 6. The summed E-state index contributed by atoms with van der Waals surface area (Å²) in [5.74, 6) is 0.853. The summed E-state index contributed by atoms with van der Waals surface area (Å²) in [5, 5.41) is 9.10. The van der Waals surface area contributed by atoms with Crippen LogP contribution < -0.4 is 10.5 Å². The summed E-state index contributed by atoms with van der Waals surface area (Å²) < 4.78 is 10.7. The number of H-pyrrole nitrogens is 1. The van der Waals surface area contributed by atoms with Gasteiger partial charge in [-0.15, -0.1) is 10.2 Å². The Kier molecular flexibility index (Phi) is 5.00. The van der Waals surface area contributed by atoms with Crippen LogP contribution in [0.15, 0.2) is 52.8 Å². The van der Waals surface area contributed by atoms with Gasteiger partial charge in [0.25, 0.3) is 0 Å². The van der Waals surface area contributed by atoms with E-state index >= 15 is 0 Å². The first-order chi connectivity index (χ1) is 12.2. The van der Waals surface area contributed by atoms with Gasteiger partial charge in [0.05, 0.1) is 12.0 Å². The second-order valence-corrected chi connectivity index (χ2v) is 5.13. The Morgan fingerprint density at radius 3 is 2.88 bits per heavy atom. The normalized spacial score (nSPS) is 11.2. The van der Waals surface area contributed by atoms with Crippen LogP contribution in [0.4, 0.5) is 11.6 Å². The van der Waals surface area contributed by atoms with Crippen molar-refractivity contribution in [3.05, 3.63) is 48.3 Å². The molecule has 3 rings (SSSR count). The molecule has 0 fully saturated rings. The number of carbonyl (C=O) groups is 1. The zero-order valence-corrected chi connectivity index (χ0v) is 13.6. The summed E-state index contributed by atoms with van der Waals surface area (Å²) in [5.41, 5.74) is 6.25. The number of aromatic amines is 1. The molecule has 0 saturated heterocycles. The van der Waals surface area contributed by atoms with Crippen LogP contribution in [0.5, 0.6) is 5.75 Å². The molecule has 1 aromatic carbocycles. The first-order valence-electron chi connectivity index (χ1n) is 7.59. The van der Waals surface area contributed by atoms with Crippen molar-refractivity contribution in [3.63, 3.8) is 0 Å². The first kappa shape index (κ1) is 16.6. The molecular formula is C17H17N5O3. The van der Waals surface area contributed by atoms with Crippen molar-refractivity contribution in [2.24, 2.45) is 10.2 Å². The van der Waals surface area contributed by atoms with E-state index in [0.717, 1.165) is 0 Å². The number of aromatic nitrogens is 2. The largest absolute Gasteiger partial charge is 0.490 e. The Balaban J connectivity index is 1.89. The number of methoxy groups -OCH3 is 1. The second-order valence-electron chi connectivity index (χ2n) is 5.13. The minimum atomic E-state index is -0.533. The van der Waals surface area contributed by atoms with Gasteiger partial charge in [-0.1, -0.05) is 18.2 Å². The summed E-state index contributed by atoms with van der Waals surface area (Å²) in [6, 6.07) is 10.5. The predicted octanol–water partition coefficient (Wildman–Crippen LogP) is 3.09. The lowest BCUT2D eigenvalue weighted by atomic mass is 10.2. The van der Waals surface area contributed by atoms with Crippen molar-refractivity contribution in [2.45, 2.75) is 0 Å². The van der Waals surface area contributed by atoms with E-state index in [1.807, 2.05) is 18.2 Å². The minimum Gasteiger partial charge on any atom is -0.490 e. The molecule has 0 saturated carbocycles. The zero-order chi connectivity index (χ0) is 17.6. The van der Waals surface area contributed by atoms with Gasteiger partial charge in [0, 0.05) is 18.7 Å². The lowest BCUT2D eigenvalue weighted by Gasteiger charge is -2.07. The fraction of sp³-hybridized carbons (Fsp3) is 0.176. The van der Waals surface area contributed by atoms with Crippen LogP contribution in [-0.4, -0.2) is 36.2 Å². The van der Waals surface area contributed by atoms with Crippen LogP contribution in [-0.2, 0) is 4.74 Å². The molecule has 0 aliphatic carbocycles. The molecule has 1 amide bonds. The van der Waals surface area contributed by atoms with E-state index in [0.29, 0.717) is 41.4 Å². The number of hydrogen-bond donors (Lipinski definition) is 2. The molecule has 0 spiro atoms. The first-order valence-corrected chi connectivity index (χ1v) is 7.59. The lowest BCUT2D eigenvalue weighted by Crippen LogP contribution is -2.04. The average Bonchev–Trinajstić information content (AvgIpc) is 2.97. The highest BCUT2D eigenvalue weighted by molar-refractivity contribution is 6.04. The molecular weight excluding hydrogens is 322 g/mol. The molecule has 0 radical (unpaired) electrons. The zero-order valence-electron chi connectivity index (χ0n) is 13.6. The summed E-state index contributed by atoms with van der Waals surface area (Å²) in [6.07, 6.45) is 1.52. The lowest BCUT2D eigenvalue weighted by molar-refractivity contribution is 0.0990. The van der Waals surface area contributed by atoms with Crippen molar-refractivity contribution in [1.82, 2.24) is 9.97 Å². The van der Waals surface area contributed by atoms with Crippen molar-refractivity contribution >= 4 is 28.3 Å². The quantitative estimate of drug-likeness (QED) is 0.529. The van der Waals surface area contributed by atoms with Crippen LogP contribution in [0.3, 0.4) is 0 Å². The van der Waals surface area contributed by atoms with Gasteiger partial charge in [-0.05, 0) is 18.2 Å². The number of carbonyl (C=O) groups excluding carboxylic acids is 1. The van der Waals surface area contributed by atoms with Crippen LogP contribution in [0, 0.1) is 0 Å². The number of anilines is 1. The maximum atomic E-state index is 12.0. The molecule has 0 atom stereocenters. The SMILES string of the molecule is COCCOc1cccc2c(N=NC(=O)c3ccccn3)[nH]c(N)c12. The van der Waals surface area contributed by atoms with Crippen molar-refractivity contribution < 1.29 is 14.3 Å². The maximum Gasteiger partial charge on any atom is 0.313 e. The summed E-state index contributed by atoms with van der Waals surface area (Å²) in [4.78, 5) is 18.9. The minimum absolute atomic E-state index is 0.221. The Labute approximate surface area is 143 Å². The van der Waals surface area contributed by atoms with Crippen molar-refractivity contribution in [2.75, 3.05) is 26.1 Å². The molecule has 128 valence electrons. The van der Waals surface area contributed by atoms with Crippen LogP contribution >= 0.6 is 0 Å². The van der Waals surface area contributed by atoms with Crippen LogP contribution in [0.1, 0.15) is 10.5 Å². The summed E-state index contributed by atoms with van der Waals surface area (Å²) in [7, 11) is 1.60. The molecule has 8 nitrogen and oxygen atoms in total. The van der Waals surface area contributed by atoms with Gasteiger partial charge < -0.3 is 20.2 Å². The second kappa shape index (κ2) is 7.54. The highest BCUT2D eigenvalue weighted by Crippen LogP contribution is 2.37. The van der Waals surface area contributed by atoms with Crippen LogP contribution in [0.2, 0.25) is 0 Å². The summed E-state index contributed by atoms with van der Waals surface area (Å²) >= 11 is 0. The number of pyridine rings is 1. The fourth-order valence-electron chi connectivity index (χ4n) is 2.33. The average molecular weight is 339 g/mol. The highest BCUT2D eigenvalue weighted by atomic mass is 16.5. The Morgan fingerprint density at radius 2 is 2.12 bits per heavy atom. The molecule has 2 aromatic heterocycles. The van der Waals surface area contributed by atoms with E-state index in [4.69, 9.17) is 15.2 Å². The van der Waals surface area contributed by atoms with E-state index in [1.54, 1.807) is 25.3 Å². The van der Waals surface area contributed by atoms with E-state index < -0.39 is 5.91 Å². The number of hydrogen-bond acceptors (Lipinski definition) is 6. The highest BCUT2D eigenvalue weighted by Gasteiger charge is 2.13. The number of nitrogen functional groups attached to an aromatic ring is 1. The fourth-order valence-corrected chi connectivity index (χ4v) is 2.33. The maximum absolute atomic E-state index is 12.0. The van der Waals surface area contributed by atoms with E-state index in [2.05, 4.69) is 20.2 Å². The van der Waals surface area contributed by atoms with Crippen molar-refractivity contribution in [3.8, 4) is 5.75 Å². The Morgan fingerprint density at radius 1 is 1.24 bits per heavy atom. The molecule has 0 aliphatic rings. The van der Waals surface area contributed by atoms with E-state index in [9.17, 15) is 4.79 Å². The number of nitrogens with zero attached hydrogens (tertiary/aromatic N) is 3. The Bertz CT molecular complexity index is 905. The van der Waals surface area contributed by atoms with Gasteiger partial charge in [-0.25, -0.2) is 0 Å². The molecule has 25 heavy (non-hydrogen) atoms. The molecule has 3 N–H and O–H groups in total. The van der Waals surface area contributed by atoms with Gasteiger partial charge in [0.2, 0.25) is 0 Å². The topological polar surface area (TPSA) is 115 Å². The monoisotopic (exact) mass is 339 g/mol. The predicted molar refractivity (Wildman–Crippen MR) is 93.2 cm³/mol. The molecule has 3 aromatic rings. The van der Waals surface area contributed by atoms with Crippen LogP contribution in [0.25, 0.3) is 10.8 Å². The smallest absolute Gasteiger partial charge is 0.313 e. The number of fused-ring (bicyclic) bond motifs is 1. The standard InChI is InChI=1S/C17H17N5O3/c1-24-9-10-25-13-7-4-5-11-14(13)15(18)20-16(11)21-22-17(23)12-6-2-3-8-19-12/h2-8,20H,9-10,18H2,1H3. The Hall–Kier alpha value is -3.26. The number of amides is 1. The molecule has 8 heteroatoms. The van der Waals surface area contributed by atoms with Gasteiger partial charge in [0.15, 0.2) is 5.82 Å². The van der Waals surface area contributed by atoms with Gasteiger partial charge in [-0.2, -0.15) is 0 Å². The number of ether oxygens (including phenoxy) is 2.